The largest absolute Gasteiger partial charge is 0.494 e. The van der Waals surface area contributed by atoms with Crippen LogP contribution in [0.2, 0.25) is 0 Å². The number of hydrogen-bond acceptors (Lipinski definition) is 3. The van der Waals surface area contributed by atoms with E-state index < -0.39 is 11.6 Å². The van der Waals surface area contributed by atoms with Gasteiger partial charge in [-0.3, -0.25) is 0 Å². The molecule has 0 radical (unpaired) electrons. The Hall–Kier alpha value is -1.82. The maximum absolute atomic E-state index is 13.6. The van der Waals surface area contributed by atoms with Gasteiger partial charge in [-0.05, 0) is 29.8 Å². The average molecular weight is 313 g/mol. The molecule has 2 nitrogen and oxygen atoms in total. The van der Waals surface area contributed by atoms with E-state index in [9.17, 15) is 13.2 Å². The van der Waals surface area contributed by atoms with Gasteiger partial charge < -0.3 is 10.1 Å². The summed E-state index contributed by atoms with van der Waals surface area (Å²) in [4.78, 5) is 0.460. The highest BCUT2D eigenvalue weighted by Crippen LogP contribution is 2.32. The van der Waals surface area contributed by atoms with Crippen LogP contribution in [-0.2, 0) is 6.54 Å². The summed E-state index contributed by atoms with van der Waals surface area (Å²) in [5.41, 5.74) is 1.30. The van der Waals surface area contributed by atoms with Gasteiger partial charge in [0.05, 0.1) is 7.11 Å². The Kier molecular flexibility index (Phi) is 5.38. The monoisotopic (exact) mass is 313 g/mol. The van der Waals surface area contributed by atoms with Gasteiger partial charge >= 0.3 is 0 Å². The van der Waals surface area contributed by atoms with E-state index in [-0.39, 0.29) is 5.75 Å². The Morgan fingerprint density at radius 1 is 1.19 bits per heavy atom. The summed E-state index contributed by atoms with van der Waals surface area (Å²) in [6.45, 7) is 0.335. The fourth-order valence-corrected chi connectivity index (χ4v) is 2.44. The minimum Gasteiger partial charge on any atom is -0.494 e. The number of nitrogens with one attached hydrogen (secondary N) is 1. The molecule has 2 rings (SSSR count). The first-order valence-electron chi connectivity index (χ1n) is 6.20. The molecule has 0 aliphatic rings. The van der Waals surface area contributed by atoms with Gasteiger partial charge in [-0.2, -0.15) is 8.78 Å². The standard InChI is InChI=1S/C15H14F3NOS/c1-20-13-7-6-10(8-11(13)16)9-19-12-4-2-3-5-14(12)21-15(17)18/h2-8,15,19H,9H2,1H3. The van der Waals surface area contributed by atoms with Crippen molar-refractivity contribution in [1.29, 1.82) is 0 Å². The molecule has 0 heterocycles. The molecule has 0 saturated carbocycles. The number of methoxy groups -OCH3 is 1. The lowest BCUT2D eigenvalue weighted by Crippen LogP contribution is -2.02. The maximum atomic E-state index is 13.6. The van der Waals surface area contributed by atoms with E-state index in [2.05, 4.69) is 5.32 Å². The number of anilines is 1. The van der Waals surface area contributed by atoms with Crippen molar-refractivity contribution in [2.75, 3.05) is 12.4 Å². The lowest BCUT2D eigenvalue weighted by atomic mass is 10.2. The van der Waals surface area contributed by atoms with Crippen LogP contribution >= 0.6 is 11.8 Å². The van der Waals surface area contributed by atoms with Crippen LogP contribution in [0.1, 0.15) is 5.56 Å². The molecule has 0 spiro atoms. The van der Waals surface area contributed by atoms with Gasteiger partial charge in [0, 0.05) is 17.1 Å². The van der Waals surface area contributed by atoms with Crippen molar-refractivity contribution >= 4 is 17.4 Å². The summed E-state index contributed by atoms with van der Waals surface area (Å²) in [6, 6.07) is 11.4. The van der Waals surface area contributed by atoms with Gasteiger partial charge in [0.2, 0.25) is 0 Å². The first-order chi connectivity index (χ1) is 10.1. The molecule has 2 aromatic rings. The molecular formula is C15H14F3NOS. The molecule has 112 valence electrons. The SMILES string of the molecule is COc1ccc(CNc2ccccc2SC(F)F)cc1F. The van der Waals surface area contributed by atoms with E-state index in [1.54, 1.807) is 30.3 Å². The highest BCUT2D eigenvalue weighted by molar-refractivity contribution is 7.99. The van der Waals surface area contributed by atoms with E-state index in [0.717, 1.165) is 0 Å². The van der Waals surface area contributed by atoms with Crippen molar-refractivity contribution in [3.63, 3.8) is 0 Å². The van der Waals surface area contributed by atoms with Crippen LogP contribution in [0.25, 0.3) is 0 Å². The van der Waals surface area contributed by atoms with E-state index in [0.29, 0.717) is 34.5 Å². The minimum atomic E-state index is -2.48. The molecular weight excluding hydrogens is 299 g/mol. The third kappa shape index (κ3) is 4.32. The van der Waals surface area contributed by atoms with Gasteiger partial charge in [-0.25, -0.2) is 4.39 Å². The molecule has 0 aliphatic heterocycles. The second-order valence-corrected chi connectivity index (χ2v) is 5.23. The number of alkyl halides is 2. The van der Waals surface area contributed by atoms with Crippen LogP contribution in [0.15, 0.2) is 47.4 Å². The lowest BCUT2D eigenvalue weighted by Gasteiger charge is -2.12. The van der Waals surface area contributed by atoms with E-state index in [4.69, 9.17) is 4.74 Å². The second kappa shape index (κ2) is 7.26. The summed E-state index contributed by atoms with van der Waals surface area (Å²) in [7, 11) is 1.40. The third-order valence-electron chi connectivity index (χ3n) is 2.80. The highest BCUT2D eigenvalue weighted by Gasteiger charge is 2.10. The first kappa shape index (κ1) is 15.6. The van der Waals surface area contributed by atoms with Crippen molar-refractivity contribution in [2.24, 2.45) is 0 Å². The van der Waals surface area contributed by atoms with Gasteiger partial charge in [-0.15, -0.1) is 0 Å². The number of rotatable bonds is 6. The number of hydrogen-bond donors (Lipinski definition) is 1. The smallest absolute Gasteiger partial charge is 0.288 e. The minimum absolute atomic E-state index is 0.174. The van der Waals surface area contributed by atoms with Crippen molar-refractivity contribution in [1.82, 2.24) is 0 Å². The molecule has 0 saturated heterocycles. The summed E-state index contributed by atoms with van der Waals surface area (Å²) in [5.74, 6) is -2.76. The predicted octanol–water partition coefficient (Wildman–Crippen LogP) is 4.76. The zero-order valence-electron chi connectivity index (χ0n) is 11.3. The average Bonchev–Trinajstić information content (AvgIpc) is 2.46. The molecule has 0 amide bonds. The summed E-state index contributed by atoms with van der Waals surface area (Å²) in [6.07, 6.45) is 0. The number of halogens is 3. The maximum Gasteiger partial charge on any atom is 0.288 e. The molecule has 21 heavy (non-hydrogen) atoms. The molecule has 0 aromatic heterocycles. The number of thioether (sulfide) groups is 1. The van der Waals surface area contributed by atoms with Crippen molar-refractivity contribution in [2.45, 2.75) is 17.2 Å². The van der Waals surface area contributed by atoms with Crippen LogP contribution in [-0.4, -0.2) is 12.9 Å². The van der Waals surface area contributed by atoms with Gasteiger partial charge in [0.1, 0.15) is 0 Å². The fraction of sp³-hybridized carbons (Fsp3) is 0.200. The summed E-state index contributed by atoms with van der Waals surface area (Å²) >= 11 is 0.480. The molecule has 1 N–H and O–H groups in total. The molecule has 0 unspecified atom stereocenters. The summed E-state index contributed by atoms with van der Waals surface area (Å²) < 4.78 is 43.4. The highest BCUT2D eigenvalue weighted by atomic mass is 32.2. The molecule has 6 heteroatoms. The van der Waals surface area contributed by atoms with Gasteiger partial charge in [0.15, 0.2) is 11.6 Å². The first-order valence-corrected chi connectivity index (χ1v) is 7.08. The van der Waals surface area contributed by atoms with Crippen LogP contribution in [0.5, 0.6) is 5.75 Å². The van der Waals surface area contributed by atoms with Crippen LogP contribution in [0.3, 0.4) is 0 Å². The van der Waals surface area contributed by atoms with E-state index in [1.807, 2.05) is 0 Å². The topological polar surface area (TPSA) is 21.3 Å². The van der Waals surface area contributed by atoms with E-state index >= 15 is 0 Å². The Morgan fingerprint density at radius 2 is 1.95 bits per heavy atom. The number of para-hydroxylation sites is 1. The zero-order valence-corrected chi connectivity index (χ0v) is 12.1. The molecule has 0 bridgehead atoms. The Bertz CT molecular complexity index is 607. The Balaban J connectivity index is 2.08. The van der Waals surface area contributed by atoms with Crippen molar-refractivity contribution in [3.05, 3.63) is 53.8 Å². The lowest BCUT2D eigenvalue weighted by molar-refractivity contribution is 0.252. The Morgan fingerprint density at radius 3 is 2.62 bits per heavy atom. The second-order valence-electron chi connectivity index (χ2n) is 4.20. The van der Waals surface area contributed by atoms with Crippen molar-refractivity contribution in [3.8, 4) is 5.75 Å². The normalized spacial score (nSPS) is 10.7. The molecule has 0 aliphatic carbocycles. The third-order valence-corrected chi connectivity index (χ3v) is 3.59. The van der Waals surface area contributed by atoms with Crippen molar-refractivity contribution < 1.29 is 17.9 Å². The summed E-state index contributed by atoms with van der Waals surface area (Å²) in [5, 5.41) is 3.04. The number of benzene rings is 2. The Labute approximate surface area is 125 Å². The fourth-order valence-electron chi connectivity index (χ4n) is 1.83. The van der Waals surface area contributed by atoms with Crippen LogP contribution in [0, 0.1) is 5.82 Å². The van der Waals surface area contributed by atoms with Crippen LogP contribution in [0.4, 0.5) is 18.9 Å². The predicted molar refractivity (Wildman–Crippen MR) is 78.6 cm³/mol. The zero-order chi connectivity index (χ0) is 15.2. The number of ether oxygens (including phenoxy) is 1. The van der Waals surface area contributed by atoms with Crippen LogP contribution < -0.4 is 10.1 Å². The molecule has 2 aromatic carbocycles. The van der Waals surface area contributed by atoms with Gasteiger partial charge in [0.25, 0.3) is 5.76 Å². The quantitative estimate of drug-likeness (QED) is 0.777. The van der Waals surface area contributed by atoms with Gasteiger partial charge in [-0.1, -0.05) is 30.0 Å². The molecule has 0 atom stereocenters. The van der Waals surface area contributed by atoms with E-state index in [1.165, 1.54) is 19.2 Å². The molecule has 0 fully saturated rings.